The molecular weight excluding hydrogens is 336 g/mol. The van der Waals surface area contributed by atoms with Gasteiger partial charge in [0.15, 0.2) is 17.5 Å². The standard InChI is InChI=1S/C19H18N2O5/c1-25-15-9-8-13-12(17(15)26-2)10-14(20-13)18(22)21-16(19(23)24)11-6-4-3-5-7-11/h3-10,16,20H,1-2H3,(H,21,22)(H,23,24). The van der Waals surface area contributed by atoms with Crippen LogP contribution in [0.1, 0.15) is 22.1 Å². The lowest BCUT2D eigenvalue weighted by molar-refractivity contribution is -0.139. The summed E-state index contributed by atoms with van der Waals surface area (Å²) in [6.07, 6.45) is 0. The number of rotatable bonds is 6. The predicted molar refractivity (Wildman–Crippen MR) is 95.7 cm³/mol. The van der Waals surface area contributed by atoms with Gasteiger partial charge in [0, 0.05) is 5.39 Å². The van der Waals surface area contributed by atoms with E-state index in [1.807, 2.05) is 0 Å². The number of hydrogen-bond acceptors (Lipinski definition) is 4. The largest absolute Gasteiger partial charge is 0.493 e. The zero-order valence-corrected chi connectivity index (χ0v) is 14.3. The normalized spacial score (nSPS) is 11.8. The van der Waals surface area contributed by atoms with Crippen molar-refractivity contribution in [3.63, 3.8) is 0 Å². The molecule has 0 bridgehead atoms. The van der Waals surface area contributed by atoms with Gasteiger partial charge in [0.1, 0.15) is 5.69 Å². The number of carbonyl (C=O) groups excluding carboxylic acids is 1. The van der Waals surface area contributed by atoms with E-state index in [0.29, 0.717) is 28.0 Å². The molecule has 3 N–H and O–H groups in total. The molecule has 0 aliphatic carbocycles. The summed E-state index contributed by atoms with van der Waals surface area (Å²) in [5.74, 6) is -0.629. The molecule has 0 fully saturated rings. The van der Waals surface area contributed by atoms with Gasteiger partial charge in [0.2, 0.25) is 0 Å². The minimum absolute atomic E-state index is 0.230. The van der Waals surface area contributed by atoms with E-state index >= 15 is 0 Å². The van der Waals surface area contributed by atoms with Gasteiger partial charge in [-0.15, -0.1) is 0 Å². The number of ether oxygens (including phenoxy) is 2. The number of methoxy groups -OCH3 is 2. The van der Waals surface area contributed by atoms with Gasteiger partial charge in [0.05, 0.1) is 19.7 Å². The molecule has 1 atom stereocenters. The number of aromatic nitrogens is 1. The minimum Gasteiger partial charge on any atom is -0.493 e. The summed E-state index contributed by atoms with van der Waals surface area (Å²) in [5, 5.41) is 12.7. The Hall–Kier alpha value is -3.48. The number of carbonyl (C=O) groups is 2. The van der Waals surface area contributed by atoms with Crippen LogP contribution in [0.2, 0.25) is 0 Å². The fraction of sp³-hybridized carbons (Fsp3) is 0.158. The maximum absolute atomic E-state index is 12.6. The summed E-state index contributed by atoms with van der Waals surface area (Å²) >= 11 is 0. The van der Waals surface area contributed by atoms with Gasteiger partial charge in [-0.2, -0.15) is 0 Å². The maximum atomic E-state index is 12.6. The van der Waals surface area contributed by atoms with E-state index in [1.54, 1.807) is 48.5 Å². The molecule has 3 rings (SSSR count). The van der Waals surface area contributed by atoms with Crippen LogP contribution in [-0.4, -0.2) is 36.2 Å². The van der Waals surface area contributed by atoms with Gasteiger partial charge in [-0.3, -0.25) is 4.79 Å². The molecule has 0 saturated heterocycles. The molecule has 0 aliphatic rings. The molecule has 134 valence electrons. The van der Waals surface area contributed by atoms with Crippen LogP contribution in [0.3, 0.4) is 0 Å². The van der Waals surface area contributed by atoms with Crippen LogP contribution >= 0.6 is 0 Å². The van der Waals surface area contributed by atoms with E-state index in [4.69, 9.17) is 9.47 Å². The summed E-state index contributed by atoms with van der Waals surface area (Å²) < 4.78 is 10.6. The molecule has 1 aromatic heterocycles. The van der Waals surface area contributed by atoms with Gasteiger partial charge >= 0.3 is 5.97 Å². The highest BCUT2D eigenvalue weighted by Gasteiger charge is 2.24. The number of H-pyrrole nitrogens is 1. The van der Waals surface area contributed by atoms with E-state index < -0.39 is 17.9 Å². The van der Waals surface area contributed by atoms with E-state index in [-0.39, 0.29) is 5.69 Å². The van der Waals surface area contributed by atoms with Crippen LogP contribution in [-0.2, 0) is 4.79 Å². The van der Waals surface area contributed by atoms with E-state index in [9.17, 15) is 14.7 Å². The maximum Gasteiger partial charge on any atom is 0.330 e. The first kappa shape index (κ1) is 17.3. The SMILES string of the molecule is COc1ccc2[nH]c(C(=O)NC(C(=O)O)c3ccccc3)cc2c1OC. The fourth-order valence-electron chi connectivity index (χ4n) is 2.79. The Morgan fingerprint density at radius 3 is 2.42 bits per heavy atom. The van der Waals surface area contributed by atoms with Crippen LogP contribution in [0, 0.1) is 0 Å². The molecule has 7 heteroatoms. The summed E-state index contributed by atoms with van der Waals surface area (Å²) in [4.78, 5) is 27.1. The first-order valence-corrected chi connectivity index (χ1v) is 7.87. The van der Waals surface area contributed by atoms with Gasteiger partial charge in [-0.05, 0) is 23.8 Å². The average molecular weight is 354 g/mol. The third-order valence-corrected chi connectivity index (χ3v) is 4.04. The van der Waals surface area contributed by atoms with Crippen LogP contribution in [0.15, 0.2) is 48.5 Å². The quantitative estimate of drug-likeness (QED) is 0.632. The Labute approximate surface area is 149 Å². The van der Waals surface area contributed by atoms with Crippen molar-refractivity contribution in [3.05, 3.63) is 59.8 Å². The Bertz CT molecular complexity index is 949. The molecule has 3 aromatic rings. The second kappa shape index (κ2) is 7.18. The first-order chi connectivity index (χ1) is 12.5. The van der Waals surface area contributed by atoms with Crippen molar-refractivity contribution < 1.29 is 24.2 Å². The lowest BCUT2D eigenvalue weighted by Gasteiger charge is -2.14. The van der Waals surface area contributed by atoms with Gasteiger partial charge in [0.25, 0.3) is 5.91 Å². The molecule has 0 spiro atoms. The molecule has 0 radical (unpaired) electrons. The number of fused-ring (bicyclic) bond motifs is 1. The second-order valence-corrected chi connectivity index (χ2v) is 5.60. The third-order valence-electron chi connectivity index (χ3n) is 4.04. The molecule has 0 aliphatic heterocycles. The van der Waals surface area contributed by atoms with Crippen LogP contribution < -0.4 is 14.8 Å². The highest BCUT2D eigenvalue weighted by molar-refractivity contribution is 6.01. The lowest BCUT2D eigenvalue weighted by Crippen LogP contribution is -2.33. The van der Waals surface area contributed by atoms with Crippen molar-refractivity contribution in [2.24, 2.45) is 0 Å². The summed E-state index contributed by atoms with van der Waals surface area (Å²) in [5.41, 5.74) is 1.40. The zero-order chi connectivity index (χ0) is 18.7. The number of nitrogens with one attached hydrogen (secondary N) is 2. The highest BCUT2D eigenvalue weighted by Crippen LogP contribution is 2.35. The van der Waals surface area contributed by atoms with Gasteiger partial charge in [-0.25, -0.2) is 4.79 Å². The average Bonchev–Trinajstić information content (AvgIpc) is 3.09. The molecule has 1 heterocycles. The molecule has 1 unspecified atom stereocenters. The molecule has 7 nitrogen and oxygen atoms in total. The first-order valence-electron chi connectivity index (χ1n) is 7.87. The second-order valence-electron chi connectivity index (χ2n) is 5.60. The van der Waals surface area contributed by atoms with Gasteiger partial charge < -0.3 is 24.9 Å². The van der Waals surface area contributed by atoms with E-state index in [2.05, 4.69) is 10.3 Å². The predicted octanol–water partition coefficient (Wildman–Crippen LogP) is 2.74. The Balaban J connectivity index is 1.93. The van der Waals surface area contributed by atoms with Crippen molar-refractivity contribution in [2.75, 3.05) is 14.2 Å². The lowest BCUT2D eigenvalue weighted by atomic mass is 10.1. The highest BCUT2D eigenvalue weighted by atomic mass is 16.5. The third kappa shape index (κ3) is 3.19. The summed E-state index contributed by atoms with van der Waals surface area (Å²) in [6, 6.07) is 12.5. The molecule has 2 aromatic carbocycles. The Morgan fingerprint density at radius 2 is 1.81 bits per heavy atom. The number of aliphatic carboxylic acids is 1. The summed E-state index contributed by atoms with van der Waals surface area (Å²) in [7, 11) is 3.04. The van der Waals surface area contributed by atoms with Crippen molar-refractivity contribution in [1.29, 1.82) is 0 Å². The van der Waals surface area contributed by atoms with Crippen LogP contribution in [0.4, 0.5) is 0 Å². The molecular formula is C19H18N2O5. The molecule has 1 amide bonds. The smallest absolute Gasteiger partial charge is 0.330 e. The number of aromatic amines is 1. The number of carboxylic acids is 1. The monoisotopic (exact) mass is 354 g/mol. The Kier molecular flexibility index (Phi) is 4.79. The molecule has 26 heavy (non-hydrogen) atoms. The van der Waals surface area contributed by atoms with E-state index in [0.717, 1.165) is 0 Å². The fourth-order valence-corrected chi connectivity index (χ4v) is 2.79. The zero-order valence-electron chi connectivity index (χ0n) is 14.3. The molecule has 0 saturated carbocycles. The van der Waals surface area contributed by atoms with Crippen molar-refractivity contribution in [3.8, 4) is 11.5 Å². The number of amides is 1. The number of carboxylic acid groups (broad SMARTS) is 1. The number of benzene rings is 2. The minimum atomic E-state index is -1.15. The topological polar surface area (TPSA) is 101 Å². The van der Waals surface area contributed by atoms with Crippen LogP contribution in [0.25, 0.3) is 10.9 Å². The van der Waals surface area contributed by atoms with Crippen molar-refractivity contribution in [2.45, 2.75) is 6.04 Å². The van der Waals surface area contributed by atoms with Crippen molar-refractivity contribution in [1.82, 2.24) is 10.3 Å². The van der Waals surface area contributed by atoms with Crippen LogP contribution in [0.5, 0.6) is 11.5 Å². The van der Waals surface area contributed by atoms with Gasteiger partial charge in [-0.1, -0.05) is 30.3 Å². The summed E-state index contributed by atoms with van der Waals surface area (Å²) in [6.45, 7) is 0. The number of hydrogen-bond donors (Lipinski definition) is 3. The van der Waals surface area contributed by atoms with E-state index in [1.165, 1.54) is 14.2 Å². The Morgan fingerprint density at radius 1 is 1.08 bits per heavy atom. The van der Waals surface area contributed by atoms with Crippen molar-refractivity contribution >= 4 is 22.8 Å².